The minimum atomic E-state index is -4.93. The van der Waals surface area contributed by atoms with Crippen LogP contribution in [0.15, 0.2) is 29.2 Å². The van der Waals surface area contributed by atoms with Crippen molar-refractivity contribution in [1.29, 1.82) is 0 Å². The Morgan fingerprint density at radius 1 is 1.29 bits per heavy atom. The Morgan fingerprint density at radius 2 is 1.88 bits per heavy atom. The Hall–Kier alpha value is -1.28. The van der Waals surface area contributed by atoms with Crippen molar-refractivity contribution in [2.45, 2.75) is 18.2 Å². The lowest BCUT2D eigenvalue weighted by Gasteiger charge is -2.13. The van der Waals surface area contributed by atoms with Gasteiger partial charge in [0.25, 0.3) is 0 Å². The van der Waals surface area contributed by atoms with E-state index in [2.05, 4.69) is 9.46 Å². The van der Waals surface area contributed by atoms with E-state index in [1.165, 1.54) is 19.1 Å². The van der Waals surface area contributed by atoms with Crippen molar-refractivity contribution in [2.75, 3.05) is 6.54 Å². The van der Waals surface area contributed by atoms with Crippen LogP contribution in [0, 0.1) is 0 Å². The SMILES string of the molecule is CCNS(=O)(=O)c1ccccc1OC(F)(F)F. The van der Waals surface area contributed by atoms with E-state index in [4.69, 9.17) is 0 Å². The smallest absolute Gasteiger partial charge is 0.404 e. The molecule has 0 saturated heterocycles. The quantitative estimate of drug-likeness (QED) is 0.908. The standard InChI is InChI=1S/C9H10F3NO3S/c1-2-13-17(14,15)8-6-4-3-5-7(8)16-9(10,11)12/h3-6,13H,2H2,1H3. The van der Waals surface area contributed by atoms with Crippen LogP contribution in [0.4, 0.5) is 13.2 Å². The van der Waals surface area contributed by atoms with Crippen molar-refractivity contribution >= 4 is 10.0 Å². The Labute approximate surface area is 96.4 Å². The first-order valence-corrected chi connectivity index (χ1v) is 6.09. The number of sulfonamides is 1. The van der Waals surface area contributed by atoms with Gasteiger partial charge >= 0.3 is 6.36 Å². The zero-order chi connectivity index (χ0) is 13.1. The predicted octanol–water partition coefficient (Wildman–Crippen LogP) is 1.88. The first-order chi connectivity index (χ1) is 7.76. The van der Waals surface area contributed by atoms with Gasteiger partial charge in [0.1, 0.15) is 10.6 Å². The summed E-state index contributed by atoms with van der Waals surface area (Å²) in [7, 11) is -3.99. The van der Waals surface area contributed by atoms with Crippen LogP contribution in [0.1, 0.15) is 6.92 Å². The van der Waals surface area contributed by atoms with E-state index in [0.717, 1.165) is 12.1 Å². The van der Waals surface area contributed by atoms with Gasteiger partial charge < -0.3 is 4.74 Å². The van der Waals surface area contributed by atoms with Crippen molar-refractivity contribution < 1.29 is 26.3 Å². The Kier molecular flexibility index (Phi) is 3.99. The highest BCUT2D eigenvalue weighted by molar-refractivity contribution is 7.89. The van der Waals surface area contributed by atoms with Crippen molar-refractivity contribution in [3.05, 3.63) is 24.3 Å². The summed E-state index contributed by atoms with van der Waals surface area (Å²) in [6.45, 7) is 1.59. The van der Waals surface area contributed by atoms with Gasteiger partial charge in [0.2, 0.25) is 10.0 Å². The molecule has 0 heterocycles. The molecule has 0 radical (unpaired) electrons. The molecule has 0 aromatic heterocycles. The number of ether oxygens (including phenoxy) is 1. The molecule has 0 bridgehead atoms. The average Bonchev–Trinajstić information content (AvgIpc) is 2.15. The van der Waals surface area contributed by atoms with Crippen molar-refractivity contribution in [3.63, 3.8) is 0 Å². The molecule has 0 fully saturated rings. The highest BCUT2D eigenvalue weighted by Gasteiger charge is 2.33. The number of alkyl halides is 3. The zero-order valence-corrected chi connectivity index (χ0v) is 9.60. The summed E-state index contributed by atoms with van der Waals surface area (Å²) in [6.07, 6.45) is -4.93. The Morgan fingerprint density at radius 3 is 2.41 bits per heavy atom. The van der Waals surface area contributed by atoms with Crippen LogP contribution in [-0.2, 0) is 10.0 Å². The second kappa shape index (κ2) is 4.92. The zero-order valence-electron chi connectivity index (χ0n) is 8.78. The molecule has 1 rings (SSSR count). The van der Waals surface area contributed by atoms with Crippen LogP contribution in [0.2, 0.25) is 0 Å². The maximum atomic E-state index is 12.1. The van der Waals surface area contributed by atoms with Gasteiger partial charge in [0.05, 0.1) is 0 Å². The van der Waals surface area contributed by atoms with E-state index in [1.54, 1.807) is 0 Å². The monoisotopic (exact) mass is 269 g/mol. The van der Waals surface area contributed by atoms with Crippen LogP contribution in [0.25, 0.3) is 0 Å². The minimum Gasteiger partial charge on any atom is -0.404 e. The van der Waals surface area contributed by atoms with E-state index < -0.39 is 27.0 Å². The highest BCUT2D eigenvalue weighted by atomic mass is 32.2. The largest absolute Gasteiger partial charge is 0.573 e. The van der Waals surface area contributed by atoms with Crippen LogP contribution >= 0.6 is 0 Å². The molecule has 17 heavy (non-hydrogen) atoms. The molecule has 0 amide bonds. The summed E-state index contributed by atoms with van der Waals surface area (Å²) in [5.74, 6) is -0.749. The lowest BCUT2D eigenvalue weighted by Crippen LogP contribution is -2.25. The van der Waals surface area contributed by atoms with Gasteiger partial charge in [-0.05, 0) is 12.1 Å². The number of benzene rings is 1. The lowest BCUT2D eigenvalue weighted by molar-refractivity contribution is -0.275. The van der Waals surface area contributed by atoms with Gasteiger partial charge in [-0.15, -0.1) is 13.2 Å². The molecule has 8 heteroatoms. The number of rotatable bonds is 4. The molecule has 96 valence electrons. The second-order valence-corrected chi connectivity index (χ2v) is 4.73. The first-order valence-electron chi connectivity index (χ1n) is 4.60. The summed E-state index contributed by atoms with van der Waals surface area (Å²) in [5.41, 5.74) is 0. The summed E-state index contributed by atoms with van der Waals surface area (Å²) < 4.78 is 65.1. The topological polar surface area (TPSA) is 55.4 Å². The molecule has 0 aliphatic rings. The van der Waals surface area contributed by atoms with Crippen molar-refractivity contribution in [2.24, 2.45) is 0 Å². The number of para-hydroxylation sites is 1. The van der Waals surface area contributed by atoms with E-state index in [-0.39, 0.29) is 6.54 Å². The summed E-state index contributed by atoms with van der Waals surface area (Å²) in [5, 5.41) is 0. The third kappa shape index (κ3) is 3.90. The van der Waals surface area contributed by atoms with Crippen LogP contribution in [-0.4, -0.2) is 21.3 Å². The summed E-state index contributed by atoms with van der Waals surface area (Å²) in [6, 6.07) is 4.55. The maximum Gasteiger partial charge on any atom is 0.573 e. The van der Waals surface area contributed by atoms with E-state index >= 15 is 0 Å². The Bertz CT molecular complexity index is 485. The minimum absolute atomic E-state index is 0.0721. The second-order valence-electron chi connectivity index (χ2n) is 3.00. The van der Waals surface area contributed by atoms with Crippen molar-refractivity contribution in [1.82, 2.24) is 4.72 Å². The van der Waals surface area contributed by atoms with Gasteiger partial charge in [0, 0.05) is 6.54 Å². The molecule has 0 atom stereocenters. The van der Waals surface area contributed by atoms with Crippen LogP contribution < -0.4 is 9.46 Å². The van der Waals surface area contributed by atoms with E-state index in [0.29, 0.717) is 0 Å². The molecule has 0 aliphatic heterocycles. The molecule has 4 nitrogen and oxygen atoms in total. The third-order valence-corrected chi connectivity index (χ3v) is 3.28. The maximum absolute atomic E-state index is 12.1. The number of nitrogens with one attached hydrogen (secondary N) is 1. The number of hydrogen-bond acceptors (Lipinski definition) is 3. The molecular formula is C9H10F3NO3S. The fourth-order valence-electron chi connectivity index (χ4n) is 1.15. The normalized spacial score (nSPS) is 12.5. The van der Waals surface area contributed by atoms with Crippen LogP contribution in [0.3, 0.4) is 0 Å². The molecule has 0 spiro atoms. The fraction of sp³-hybridized carbons (Fsp3) is 0.333. The molecule has 0 unspecified atom stereocenters. The van der Waals surface area contributed by atoms with Crippen molar-refractivity contribution in [3.8, 4) is 5.75 Å². The first kappa shape index (κ1) is 13.8. The van der Waals surface area contributed by atoms with E-state index in [9.17, 15) is 21.6 Å². The Balaban J connectivity index is 3.17. The van der Waals surface area contributed by atoms with Gasteiger partial charge in [-0.3, -0.25) is 0 Å². The summed E-state index contributed by atoms with van der Waals surface area (Å²) in [4.78, 5) is -0.542. The molecule has 1 aromatic carbocycles. The van der Waals surface area contributed by atoms with Gasteiger partial charge in [0.15, 0.2) is 0 Å². The molecule has 0 aliphatic carbocycles. The number of halogens is 3. The molecular weight excluding hydrogens is 259 g/mol. The third-order valence-electron chi connectivity index (χ3n) is 1.70. The van der Waals surface area contributed by atoms with Gasteiger partial charge in [-0.25, -0.2) is 13.1 Å². The summed E-state index contributed by atoms with van der Waals surface area (Å²) >= 11 is 0. The van der Waals surface area contributed by atoms with Gasteiger partial charge in [-0.1, -0.05) is 19.1 Å². The molecule has 1 aromatic rings. The van der Waals surface area contributed by atoms with E-state index in [1.807, 2.05) is 0 Å². The number of hydrogen-bond donors (Lipinski definition) is 1. The van der Waals surface area contributed by atoms with Crippen LogP contribution in [0.5, 0.6) is 5.75 Å². The fourth-order valence-corrected chi connectivity index (χ4v) is 2.32. The average molecular weight is 269 g/mol. The van der Waals surface area contributed by atoms with Gasteiger partial charge in [-0.2, -0.15) is 0 Å². The molecule has 1 N–H and O–H groups in total. The lowest BCUT2D eigenvalue weighted by atomic mass is 10.3. The highest BCUT2D eigenvalue weighted by Crippen LogP contribution is 2.28. The molecule has 0 saturated carbocycles. The predicted molar refractivity (Wildman–Crippen MR) is 54.0 cm³/mol.